The molecule has 0 bridgehead atoms. The maximum atomic E-state index is 12.1. The fraction of sp³-hybridized carbons (Fsp3) is 0.300. The van der Waals surface area contributed by atoms with Gasteiger partial charge in [0, 0.05) is 24.6 Å². The van der Waals surface area contributed by atoms with Crippen LogP contribution in [-0.2, 0) is 18.3 Å². The molecule has 4 aromatic rings. The number of benzene rings is 1. The van der Waals surface area contributed by atoms with E-state index < -0.39 is 0 Å². The molecule has 1 N–H and O–H groups in total. The van der Waals surface area contributed by atoms with Gasteiger partial charge in [-0.25, -0.2) is 9.97 Å². The fourth-order valence-corrected chi connectivity index (χ4v) is 3.38. The highest BCUT2D eigenvalue weighted by Gasteiger charge is 2.30. The van der Waals surface area contributed by atoms with E-state index in [4.69, 9.17) is 0 Å². The lowest BCUT2D eigenvalue weighted by Gasteiger charge is -2.11. The molecule has 9 nitrogen and oxygen atoms in total. The van der Waals surface area contributed by atoms with Crippen LogP contribution in [0, 0.1) is 5.92 Å². The topological polar surface area (TPSA) is 103 Å². The van der Waals surface area contributed by atoms with Crippen LogP contribution in [0.4, 0.5) is 5.82 Å². The molecule has 0 atom stereocenters. The van der Waals surface area contributed by atoms with Gasteiger partial charge < -0.3 is 5.32 Å². The number of hydrogen-bond donors (Lipinski definition) is 1. The first kappa shape index (κ1) is 17.5. The standard InChI is InChI=1S/C20H20N8O/c1-3-14-16(9-17(25-24-14)23-20(29)12-7-8-12)28-11-21-18-13(5-4-6-15(18)28)19-22-10-27(2)26-19/h4-6,9-12H,3,7-8H2,1-2H3,(H,23,25,29). The number of nitrogens with one attached hydrogen (secondary N) is 1. The Morgan fingerprint density at radius 1 is 1.21 bits per heavy atom. The Morgan fingerprint density at radius 3 is 2.79 bits per heavy atom. The Kier molecular flexibility index (Phi) is 4.08. The number of carbonyl (C=O) groups is 1. The van der Waals surface area contributed by atoms with Crippen LogP contribution in [0.2, 0.25) is 0 Å². The van der Waals surface area contributed by atoms with E-state index in [1.54, 1.807) is 17.3 Å². The number of para-hydroxylation sites is 1. The number of amides is 1. The lowest BCUT2D eigenvalue weighted by atomic mass is 10.1. The number of anilines is 1. The third kappa shape index (κ3) is 3.14. The summed E-state index contributed by atoms with van der Waals surface area (Å²) in [5.41, 5.74) is 4.26. The largest absolute Gasteiger partial charge is 0.309 e. The maximum absolute atomic E-state index is 12.1. The molecule has 1 saturated carbocycles. The lowest BCUT2D eigenvalue weighted by Crippen LogP contribution is -2.16. The lowest BCUT2D eigenvalue weighted by molar-refractivity contribution is -0.117. The van der Waals surface area contributed by atoms with Gasteiger partial charge in [-0.2, -0.15) is 10.2 Å². The van der Waals surface area contributed by atoms with Gasteiger partial charge in [-0.15, -0.1) is 5.10 Å². The zero-order valence-electron chi connectivity index (χ0n) is 16.2. The van der Waals surface area contributed by atoms with Crippen LogP contribution in [0.5, 0.6) is 0 Å². The average Bonchev–Trinajstić information content (AvgIpc) is 3.36. The molecule has 1 aliphatic carbocycles. The van der Waals surface area contributed by atoms with Crippen molar-refractivity contribution in [3.63, 3.8) is 0 Å². The van der Waals surface area contributed by atoms with E-state index in [1.165, 1.54) is 0 Å². The minimum Gasteiger partial charge on any atom is -0.309 e. The molecule has 0 radical (unpaired) electrons. The van der Waals surface area contributed by atoms with Crippen LogP contribution in [0.25, 0.3) is 28.1 Å². The number of fused-ring (bicyclic) bond motifs is 1. The molecule has 0 saturated heterocycles. The first-order valence-electron chi connectivity index (χ1n) is 9.64. The predicted molar refractivity (Wildman–Crippen MR) is 107 cm³/mol. The molecule has 3 heterocycles. The smallest absolute Gasteiger partial charge is 0.228 e. The summed E-state index contributed by atoms with van der Waals surface area (Å²) in [5, 5.41) is 15.8. The molecule has 1 fully saturated rings. The van der Waals surface area contributed by atoms with E-state index in [-0.39, 0.29) is 11.8 Å². The zero-order valence-corrected chi connectivity index (χ0v) is 16.2. The van der Waals surface area contributed by atoms with Gasteiger partial charge in [0.2, 0.25) is 5.91 Å². The van der Waals surface area contributed by atoms with Gasteiger partial charge in [0.15, 0.2) is 11.6 Å². The molecule has 1 aromatic carbocycles. The van der Waals surface area contributed by atoms with E-state index in [2.05, 4.69) is 30.6 Å². The summed E-state index contributed by atoms with van der Waals surface area (Å²) in [6.45, 7) is 2.03. The highest BCUT2D eigenvalue weighted by Crippen LogP contribution is 2.31. The van der Waals surface area contributed by atoms with Crippen LogP contribution in [0.3, 0.4) is 0 Å². The van der Waals surface area contributed by atoms with E-state index in [0.717, 1.165) is 40.8 Å². The van der Waals surface area contributed by atoms with E-state index in [0.29, 0.717) is 18.1 Å². The van der Waals surface area contributed by atoms with Crippen molar-refractivity contribution in [2.24, 2.45) is 13.0 Å². The van der Waals surface area contributed by atoms with Crippen molar-refractivity contribution in [2.45, 2.75) is 26.2 Å². The summed E-state index contributed by atoms with van der Waals surface area (Å²) in [7, 11) is 1.84. The first-order chi connectivity index (χ1) is 14.1. The monoisotopic (exact) mass is 388 g/mol. The van der Waals surface area contributed by atoms with Gasteiger partial charge >= 0.3 is 0 Å². The average molecular weight is 388 g/mol. The summed E-state index contributed by atoms with van der Waals surface area (Å²) in [5.74, 6) is 1.20. The molecule has 0 aliphatic heterocycles. The van der Waals surface area contributed by atoms with Crippen LogP contribution in [-0.4, -0.2) is 40.4 Å². The SMILES string of the molecule is CCc1nnc(NC(=O)C2CC2)cc1-n1cnc2c(-c3ncn(C)n3)cccc21. The molecular formula is C20H20N8O. The maximum Gasteiger partial charge on any atom is 0.228 e. The quantitative estimate of drug-likeness (QED) is 0.563. The zero-order chi connectivity index (χ0) is 20.0. The molecule has 0 unspecified atom stereocenters. The number of aromatic nitrogens is 7. The number of rotatable bonds is 5. The second-order valence-corrected chi connectivity index (χ2v) is 7.21. The Hall–Kier alpha value is -3.62. The summed E-state index contributed by atoms with van der Waals surface area (Å²) < 4.78 is 3.64. The Balaban J connectivity index is 1.60. The van der Waals surface area contributed by atoms with Crippen molar-refractivity contribution in [2.75, 3.05) is 5.32 Å². The van der Waals surface area contributed by atoms with Crippen molar-refractivity contribution in [1.29, 1.82) is 0 Å². The Labute approximate surface area is 166 Å². The number of hydrogen-bond acceptors (Lipinski definition) is 6. The predicted octanol–water partition coefficient (Wildman–Crippen LogP) is 2.52. The second kappa shape index (κ2) is 6.77. The van der Waals surface area contributed by atoms with Gasteiger partial charge in [-0.05, 0) is 31.4 Å². The molecule has 1 amide bonds. The van der Waals surface area contributed by atoms with Crippen molar-refractivity contribution in [3.8, 4) is 17.1 Å². The molecule has 1 aliphatic rings. The van der Waals surface area contributed by atoms with Crippen molar-refractivity contribution in [1.82, 2.24) is 34.5 Å². The van der Waals surface area contributed by atoms with Gasteiger partial charge in [-0.3, -0.25) is 14.0 Å². The normalized spacial score (nSPS) is 13.7. The molecule has 0 spiro atoms. The van der Waals surface area contributed by atoms with Gasteiger partial charge in [0.25, 0.3) is 0 Å². The third-order valence-corrected chi connectivity index (χ3v) is 5.06. The molecule has 9 heteroatoms. The first-order valence-corrected chi connectivity index (χ1v) is 9.64. The molecule has 3 aromatic heterocycles. The van der Waals surface area contributed by atoms with Gasteiger partial charge in [-0.1, -0.05) is 13.0 Å². The summed E-state index contributed by atoms with van der Waals surface area (Å²) in [6.07, 6.45) is 6.02. The van der Waals surface area contributed by atoms with Crippen LogP contribution in [0.15, 0.2) is 36.9 Å². The van der Waals surface area contributed by atoms with Crippen LogP contribution < -0.4 is 5.32 Å². The minimum absolute atomic E-state index is 0.00787. The number of nitrogens with zero attached hydrogens (tertiary/aromatic N) is 7. The highest BCUT2D eigenvalue weighted by molar-refractivity contribution is 5.94. The molecular weight excluding hydrogens is 368 g/mol. The van der Waals surface area contributed by atoms with Crippen LogP contribution >= 0.6 is 0 Å². The van der Waals surface area contributed by atoms with Crippen molar-refractivity contribution < 1.29 is 4.79 Å². The van der Waals surface area contributed by atoms with E-state index in [9.17, 15) is 4.79 Å². The van der Waals surface area contributed by atoms with Crippen LogP contribution in [0.1, 0.15) is 25.5 Å². The van der Waals surface area contributed by atoms with E-state index in [1.807, 2.05) is 42.8 Å². The van der Waals surface area contributed by atoms with Crippen molar-refractivity contribution >= 4 is 22.8 Å². The number of aryl methyl sites for hydroxylation is 2. The third-order valence-electron chi connectivity index (χ3n) is 5.06. The van der Waals surface area contributed by atoms with Crippen molar-refractivity contribution in [3.05, 3.63) is 42.6 Å². The molecule has 146 valence electrons. The Bertz CT molecular complexity index is 1220. The number of carbonyl (C=O) groups excluding carboxylic acids is 1. The summed E-state index contributed by atoms with van der Waals surface area (Å²) >= 11 is 0. The summed E-state index contributed by atoms with van der Waals surface area (Å²) in [6, 6.07) is 7.78. The fourth-order valence-electron chi connectivity index (χ4n) is 3.38. The van der Waals surface area contributed by atoms with Gasteiger partial charge in [0.1, 0.15) is 12.7 Å². The van der Waals surface area contributed by atoms with E-state index >= 15 is 0 Å². The Morgan fingerprint density at radius 2 is 2.07 bits per heavy atom. The second-order valence-electron chi connectivity index (χ2n) is 7.21. The highest BCUT2D eigenvalue weighted by atomic mass is 16.2. The summed E-state index contributed by atoms with van der Waals surface area (Å²) in [4.78, 5) is 21.1. The minimum atomic E-state index is 0.00787. The van der Waals surface area contributed by atoms with Gasteiger partial charge in [0.05, 0.1) is 22.4 Å². The molecule has 5 rings (SSSR count). The number of imidazole rings is 1. The molecule has 29 heavy (non-hydrogen) atoms.